The minimum absolute atomic E-state index is 0.00817. The number of carbonyl (C=O) groups is 2. The molecule has 1 aliphatic rings. The van der Waals surface area contributed by atoms with E-state index >= 15 is 0 Å². The van der Waals surface area contributed by atoms with Crippen LogP contribution in [0.2, 0.25) is 0 Å². The number of carbonyl (C=O) groups excluding carboxylic acids is 2. The lowest BCUT2D eigenvalue weighted by atomic mass is 10.1. The first-order valence-corrected chi connectivity index (χ1v) is 5.56. The maximum atomic E-state index is 11.7. The van der Waals surface area contributed by atoms with Gasteiger partial charge in [-0.3, -0.25) is 9.59 Å². The number of hydrogen-bond donors (Lipinski definition) is 0. The molecule has 0 saturated carbocycles. The van der Waals surface area contributed by atoms with Crippen molar-refractivity contribution in [2.45, 2.75) is 26.7 Å². The molecule has 0 N–H and O–H groups in total. The van der Waals surface area contributed by atoms with Gasteiger partial charge >= 0.3 is 0 Å². The van der Waals surface area contributed by atoms with Gasteiger partial charge in [0.25, 0.3) is 0 Å². The first-order chi connectivity index (χ1) is 8.08. The summed E-state index contributed by atoms with van der Waals surface area (Å²) in [6, 6.07) is 6.92. The van der Waals surface area contributed by atoms with Gasteiger partial charge in [-0.15, -0.1) is 0 Å². The van der Waals surface area contributed by atoms with Crippen LogP contribution in [0.3, 0.4) is 0 Å². The molecule has 1 aliphatic heterocycles. The Bertz CT molecular complexity index is 489. The fourth-order valence-electron chi connectivity index (χ4n) is 1.71. The zero-order chi connectivity index (χ0) is 12.4. The molecule has 0 fully saturated rings. The number of anilines is 1. The van der Waals surface area contributed by atoms with E-state index in [1.165, 1.54) is 11.9 Å². The average Bonchev–Trinajstić information content (AvgIpc) is 2.32. The summed E-state index contributed by atoms with van der Waals surface area (Å²) < 4.78 is 0. The van der Waals surface area contributed by atoms with E-state index in [2.05, 4.69) is 5.10 Å². The van der Waals surface area contributed by atoms with E-state index in [9.17, 15) is 9.59 Å². The summed E-state index contributed by atoms with van der Waals surface area (Å²) in [5.74, 6) is 0.00683. The predicted molar refractivity (Wildman–Crippen MR) is 66.3 cm³/mol. The number of ketones is 1. The van der Waals surface area contributed by atoms with Crippen molar-refractivity contribution >= 4 is 23.1 Å². The fraction of sp³-hybridized carbons (Fsp3) is 0.308. The maximum Gasteiger partial charge on any atom is 0.247 e. The number of Topliss-reactive ketones (excluding diaryl/α,β-unsaturated/α-hetero) is 1. The predicted octanol–water partition coefficient (Wildman–Crippen LogP) is 2.39. The molecule has 0 saturated heterocycles. The molecule has 0 unspecified atom stereocenters. The van der Waals surface area contributed by atoms with E-state index < -0.39 is 0 Å². The molecule has 2 rings (SSSR count). The van der Waals surface area contributed by atoms with Gasteiger partial charge in [0.2, 0.25) is 5.91 Å². The average molecular weight is 230 g/mol. The van der Waals surface area contributed by atoms with Gasteiger partial charge in [0.05, 0.1) is 5.69 Å². The Morgan fingerprint density at radius 1 is 1.24 bits per heavy atom. The van der Waals surface area contributed by atoms with Gasteiger partial charge in [-0.1, -0.05) is 0 Å². The second-order valence-electron chi connectivity index (χ2n) is 4.14. The SMILES string of the molecule is CC(=O)c1ccc(N2N=C(C)CCC2=O)cc1. The van der Waals surface area contributed by atoms with E-state index in [0.717, 1.165) is 12.1 Å². The lowest BCUT2D eigenvalue weighted by Crippen LogP contribution is -2.30. The molecule has 0 spiro atoms. The van der Waals surface area contributed by atoms with Crippen molar-refractivity contribution in [3.8, 4) is 0 Å². The first-order valence-electron chi connectivity index (χ1n) is 5.56. The second-order valence-corrected chi connectivity index (χ2v) is 4.14. The van der Waals surface area contributed by atoms with Crippen LogP contribution in [0.15, 0.2) is 29.4 Å². The van der Waals surface area contributed by atoms with Crippen LogP contribution in [0.1, 0.15) is 37.0 Å². The Labute approximate surface area is 99.9 Å². The van der Waals surface area contributed by atoms with Gasteiger partial charge < -0.3 is 0 Å². The van der Waals surface area contributed by atoms with Crippen molar-refractivity contribution in [1.82, 2.24) is 0 Å². The lowest BCUT2D eigenvalue weighted by molar-refractivity contribution is -0.118. The molecule has 17 heavy (non-hydrogen) atoms. The van der Waals surface area contributed by atoms with Gasteiger partial charge in [0.15, 0.2) is 5.78 Å². The third-order valence-electron chi connectivity index (χ3n) is 2.73. The lowest BCUT2D eigenvalue weighted by Gasteiger charge is -2.22. The third kappa shape index (κ3) is 2.41. The van der Waals surface area contributed by atoms with Crippen LogP contribution in [0.5, 0.6) is 0 Å². The summed E-state index contributed by atoms with van der Waals surface area (Å²) in [7, 11) is 0. The molecule has 4 heteroatoms. The topological polar surface area (TPSA) is 49.7 Å². The molecule has 0 radical (unpaired) electrons. The number of hydrogen-bond acceptors (Lipinski definition) is 3. The molecule has 0 aromatic heterocycles. The van der Waals surface area contributed by atoms with E-state index in [0.29, 0.717) is 17.7 Å². The first kappa shape index (κ1) is 11.5. The highest BCUT2D eigenvalue weighted by Gasteiger charge is 2.19. The smallest absolute Gasteiger partial charge is 0.247 e. The standard InChI is InChI=1S/C13H14N2O2/c1-9-3-8-13(17)15(14-9)12-6-4-11(5-7-12)10(2)16/h4-7H,3,8H2,1-2H3. The molecule has 0 bridgehead atoms. The van der Waals surface area contributed by atoms with Crippen molar-refractivity contribution in [3.63, 3.8) is 0 Å². The van der Waals surface area contributed by atoms with Crippen LogP contribution in [-0.2, 0) is 4.79 Å². The Kier molecular flexibility index (Phi) is 3.04. The van der Waals surface area contributed by atoms with Gasteiger partial charge in [0.1, 0.15) is 0 Å². The van der Waals surface area contributed by atoms with E-state index in [4.69, 9.17) is 0 Å². The highest BCUT2D eigenvalue weighted by molar-refractivity contribution is 6.01. The summed E-state index contributed by atoms with van der Waals surface area (Å²) in [4.78, 5) is 22.9. The molecule has 1 aromatic carbocycles. The maximum absolute atomic E-state index is 11.7. The summed E-state index contributed by atoms with van der Waals surface area (Å²) in [5, 5.41) is 5.63. The van der Waals surface area contributed by atoms with Crippen LogP contribution in [0.4, 0.5) is 5.69 Å². The fourth-order valence-corrected chi connectivity index (χ4v) is 1.71. The number of nitrogens with zero attached hydrogens (tertiary/aromatic N) is 2. The number of benzene rings is 1. The van der Waals surface area contributed by atoms with Gasteiger partial charge in [-0.05, 0) is 44.5 Å². The van der Waals surface area contributed by atoms with Crippen molar-refractivity contribution < 1.29 is 9.59 Å². The minimum Gasteiger partial charge on any atom is -0.295 e. The molecule has 4 nitrogen and oxygen atoms in total. The number of rotatable bonds is 2. The van der Waals surface area contributed by atoms with Crippen LogP contribution >= 0.6 is 0 Å². The molecular formula is C13H14N2O2. The molecule has 0 atom stereocenters. The highest BCUT2D eigenvalue weighted by Crippen LogP contribution is 2.20. The van der Waals surface area contributed by atoms with Crippen LogP contribution in [0.25, 0.3) is 0 Å². The third-order valence-corrected chi connectivity index (χ3v) is 2.73. The van der Waals surface area contributed by atoms with E-state index in [-0.39, 0.29) is 11.7 Å². The van der Waals surface area contributed by atoms with Gasteiger partial charge in [-0.25, -0.2) is 5.01 Å². The molecule has 88 valence electrons. The van der Waals surface area contributed by atoms with Crippen molar-refractivity contribution in [2.75, 3.05) is 5.01 Å². The zero-order valence-electron chi connectivity index (χ0n) is 9.93. The van der Waals surface area contributed by atoms with Crippen LogP contribution in [0, 0.1) is 0 Å². The van der Waals surface area contributed by atoms with Crippen molar-refractivity contribution in [1.29, 1.82) is 0 Å². The minimum atomic E-state index is -0.00817. The van der Waals surface area contributed by atoms with Gasteiger partial charge in [-0.2, -0.15) is 5.10 Å². The largest absolute Gasteiger partial charge is 0.295 e. The molecule has 0 aliphatic carbocycles. The Morgan fingerprint density at radius 2 is 1.88 bits per heavy atom. The summed E-state index contributed by atoms with van der Waals surface area (Å²) in [5.41, 5.74) is 2.29. The zero-order valence-corrected chi connectivity index (χ0v) is 9.93. The van der Waals surface area contributed by atoms with Crippen LogP contribution in [-0.4, -0.2) is 17.4 Å². The molecule has 1 aromatic rings. The van der Waals surface area contributed by atoms with Crippen molar-refractivity contribution in [3.05, 3.63) is 29.8 Å². The Balaban J connectivity index is 2.30. The highest BCUT2D eigenvalue weighted by atomic mass is 16.2. The number of hydrazone groups is 1. The summed E-state index contributed by atoms with van der Waals surface area (Å²) in [6.45, 7) is 3.42. The molecule has 1 amide bonds. The quantitative estimate of drug-likeness (QED) is 0.732. The van der Waals surface area contributed by atoms with Gasteiger partial charge in [0, 0.05) is 17.7 Å². The van der Waals surface area contributed by atoms with Crippen LogP contribution < -0.4 is 5.01 Å². The summed E-state index contributed by atoms with van der Waals surface area (Å²) >= 11 is 0. The summed E-state index contributed by atoms with van der Waals surface area (Å²) in [6.07, 6.45) is 1.21. The normalized spacial score (nSPS) is 15.8. The molecule has 1 heterocycles. The van der Waals surface area contributed by atoms with E-state index in [1.807, 2.05) is 6.92 Å². The van der Waals surface area contributed by atoms with E-state index in [1.54, 1.807) is 24.3 Å². The Morgan fingerprint density at radius 3 is 2.47 bits per heavy atom. The monoisotopic (exact) mass is 230 g/mol. The van der Waals surface area contributed by atoms with Crippen molar-refractivity contribution in [2.24, 2.45) is 5.10 Å². The number of amides is 1. The Hall–Kier alpha value is -1.97. The second kappa shape index (κ2) is 4.49. The molecular weight excluding hydrogens is 216 g/mol.